The van der Waals surface area contributed by atoms with E-state index in [-0.39, 0.29) is 41.7 Å². The van der Waals surface area contributed by atoms with Crippen molar-refractivity contribution in [3.05, 3.63) is 29.2 Å². The van der Waals surface area contributed by atoms with Crippen LogP contribution in [0.1, 0.15) is 30.2 Å². The first-order valence-corrected chi connectivity index (χ1v) is 10.1. The van der Waals surface area contributed by atoms with Crippen LogP contribution in [0.15, 0.2) is 27.0 Å². The van der Waals surface area contributed by atoms with Crippen LogP contribution in [0.3, 0.4) is 0 Å². The Morgan fingerprint density at radius 2 is 2.04 bits per heavy atom. The number of carbonyl (C=O) groups is 1. The Morgan fingerprint density at radius 3 is 2.64 bits per heavy atom. The van der Waals surface area contributed by atoms with Gasteiger partial charge < -0.3 is 9.15 Å². The van der Waals surface area contributed by atoms with Crippen LogP contribution < -0.4 is 5.32 Å². The molecule has 0 radical (unpaired) electrons. The van der Waals surface area contributed by atoms with Crippen molar-refractivity contribution in [3.8, 4) is 0 Å². The van der Waals surface area contributed by atoms with Crippen molar-refractivity contribution in [2.45, 2.75) is 37.9 Å². The van der Waals surface area contributed by atoms with Crippen LogP contribution in [0.5, 0.6) is 0 Å². The molecule has 0 bridgehead atoms. The maximum absolute atomic E-state index is 12.9. The van der Waals surface area contributed by atoms with E-state index < -0.39 is 15.9 Å². The van der Waals surface area contributed by atoms with Crippen LogP contribution in [-0.4, -0.2) is 48.9 Å². The third kappa shape index (κ3) is 3.76. The highest BCUT2D eigenvalue weighted by Crippen LogP contribution is 2.27. The summed E-state index contributed by atoms with van der Waals surface area (Å²) in [5, 5.41) is 4.71. The highest BCUT2D eigenvalue weighted by atomic mass is 32.2. The second-order valence-electron chi connectivity index (χ2n) is 5.90. The van der Waals surface area contributed by atoms with Crippen molar-refractivity contribution in [2.24, 2.45) is 0 Å². The predicted octanol–water partition coefficient (Wildman–Crippen LogP) is 2.09. The summed E-state index contributed by atoms with van der Waals surface area (Å²) in [5.74, 6) is -0.431. The lowest BCUT2D eigenvalue weighted by molar-refractivity contribution is -0.0441. The number of anilines is 1. The van der Waals surface area contributed by atoms with E-state index in [1.54, 1.807) is 11.6 Å². The number of hydrogen-bond acceptors (Lipinski definition) is 7. The SMILES string of the molecule is Cc1oc(C(=O)Nc2nccs2)cc1S(=O)(=O)N1C[C@@H](C)O[C@H](C)C1. The van der Waals surface area contributed by atoms with Gasteiger partial charge in [0.2, 0.25) is 10.0 Å². The van der Waals surface area contributed by atoms with Gasteiger partial charge in [0.1, 0.15) is 10.7 Å². The summed E-state index contributed by atoms with van der Waals surface area (Å²) in [6.07, 6.45) is 1.17. The van der Waals surface area contributed by atoms with Gasteiger partial charge in [0.25, 0.3) is 5.91 Å². The van der Waals surface area contributed by atoms with Gasteiger partial charge in [0.15, 0.2) is 10.9 Å². The normalized spacial score (nSPS) is 22.0. The number of rotatable bonds is 4. The van der Waals surface area contributed by atoms with Gasteiger partial charge in [-0.3, -0.25) is 10.1 Å². The number of aromatic nitrogens is 1. The summed E-state index contributed by atoms with van der Waals surface area (Å²) in [7, 11) is -3.77. The van der Waals surface area contributed by atoms with Gasteiger partial charge in [-0.2, -0.15) is 4.31 Å². The Morgan fingerprint density at radius 1 is 1.36 bits per heavy atom. The van der Waals surface area contributed by atoms with Crippen molar-refractivity contribution in [1.82, 2.24) is 9.29 Å². The fourth-order valence-electron chi connectivity index (χ4n) is 2.74. The highest BCUT2D eigenvalue weighted by molar-refractivity contribution is 7.89. The first-order valence-electron chi connectivity index (χ1n) is 7.74. The van der Waals surface area contributed by atoms with Crippen LogP contribution in [0.2, 0.25) is 0 Å². The molecule has 1 saturated heterocycles. The van der Waals surface area contributed by atoms with E-state index in [2.05, 4.69) is 10.3 Å². The lowest BCUT2D eigenvalue weighted by Gasteiger charge is -2.34. The first kappa shape index (κ1) is 18.1. The number of nitrogens with zero attached hydrogens (tertiary/aromatic N) is 2. The summed E-state index contributed by atoms with van der Waals surface area (Å²) < 4.78 is 38.2. The minimum absolute atomic E-state index is 0.00177. The molecule has 3 rings (SSSR count). The molecule has 2 aromatic rings. The maximum atomic E-state index is 12.9. The second-order valence-corrected chi connectivity index (χ2v) is 8.70. The zero-order valence-corrected chi connectivity index (χ0v) is 15.7. The van der Waals surface area contributed by atoms with Crippen molar-refractivity contribution in [2.75, 3.05) is 18.4 Å². The molecule has 0 saturated carbocycles. The molecule has 3 heterocycles. The molecule has 2 atom stereocenters. The van der Waals surface area contributed by atoms with Gasteiger partial charge in [-0.25, -0.2) is 13.4 Å². The smallest absolute Gasteiger partial charge is 0.293 e. The molecule has 1 N–H and O–H groups in total. The minimum Gasteiger partial charge on any atom is -0.455 e. The van der Waals surface area contributed by atoms with Gasteiger partial charge in [-0.1, -0.05) is 0 Å². The quantitative estimate of drug-likeness (QED) is 0.865. The Balaban J connectivity index is 1.85. The lowest BCUT2D eigenvalue weighted by Crippen LogP contribution is -2.48. The van der Waals surface area contributed by atoms with E-state index in [9.17, 15) is 13.2 Å². The number of furan rings is 1. The van der Waals surface area contributed by atoms with Crippen molar-refractivity contribution < 1.29 is 22.4 Å². The summed E-state index contributed by atoms with van der Waals surface area (Å²) in [5.41, 5.74) is 0. The van der Waals surface area contributed by atoms with Crippen LogP contribution in [0.25, 0.3) is 0 Å². The number of carbonyl (C=O) groups excluding carboxylic acids is 1. The average Bonchev–Trinajstić information content (AvgIpc) is 3.16. The van der Waals surface area contributed by atoms with E-state index in [1.807, 2.05) is 13.8 Å². The van der Waals surface area contributed by atoms with Gasteiger partial charge >= 0.3 is 0 Å². The van der Waals surface area contributed by atoms with E-state index in [0.29, 0.717) is 5.13 Å². The summed E-state index contributed by atoms with van der Waals surface area (Å²) in [4.78, 5) is 16.2. The maximum Gasteiger partial charge on any atom is 0.293 e. The van der Waals surface area contributed by atoms with E-state index in [0.717, 1.165) is 0 Å². The molecule has 1 fully saturated rings. The van der Waals surface area contributed by atoms with E-state index >= 15 is 0 Å². The zero-order valence-electron chi connectivity index (χ0n) is 14.1. The highest BCUT2D eigenvalue weighted by Gasteiger charge is 2.35. The van der Waals surface area contributed by atoms with Crippen molar-refractivity contribution in [3.63, 3.8) is 0 Å². The van der Waals surface area contributed by atoms with Crippen molar-refractivity contribution in [1.29, 1.82) is 0 Å². The molecule has 10 heteroatoms. The molecule has 1 aliphatic rings. The van der Waals surface area contributed by atoms with Crippen LogP contribution >= 0.6 is 11.3 Å². The molecular weight excluding hydrogens is 366 g/mol. The standard InChI is InChI=1S/C15H19N3O5S2/c1-9-7-18(8-10(2)22-9)25(20,21)13-6-12(23-11(13)3)14(19)17-15-16-4-5-24-15/h4-6,9-10H,7-8H2,1-3H3,(H,16,17,19)/t9-,10-/m1/s1. The summed E-state index contributed by atoms with van der Waals surface area (Å²) in [6, 6.07) is 1.26. The van der Waals surface area contributed by atoms with Gasteiger partial charge in [-0.05, 0) is 20.8 Å². The molecular formula is C15H19N3O5S2. The Kier molecular flexibility index (Phi) is 4.96. The Labute approximate surface area is 149 Å². The molecule has 0 aromatic carbocycles. The predicted molar refractivity (Wildman–Crippen MR) is 92.3 cm³/mol. The Hall–Kier alpha value is -1.75. The number of nitrogens with one attached hydrogen (secondary N) is 1. The number of hydrogen-bond donors (Lipinski definition) is 1. The first-order chi connectivity index (χ1) is 11.8. The van der Waals surface area contributed by atoms with E-state index in [4.69, 9.17) is 9.15 Å². The van der Waals surface area contributed by atoms with Gasteiger partial charge in [-0.15, -0.1) is 11.3 Å². The minimum atomic E-state index is -3.77. The second kappa shape index (κ2) is 6.87. The lowest BCUT2D eigenvalue weighted by atomic mass is 10.3. The molecule has 136 valence electrons. The molecule has 0 spiro atoms. The topological polar surface area (TPSA) is 102 Å². The van der Waals surface area contributed by atoms with Crippen molar-refractivity contribution >= 4 is 32.4 Å². The summed E-state index contributed by atoms with van der Waals surface area (Å²) >= 11 is 1.26. The van der Waals surface area contributed by atoms with Crippen LogP contribution in [0.4, 0.5) is 5.13 Å². The third-order valence-corrected chi connectivity index (χ3v) is 6.38. The number of sulfonamides is 1. The number of aryl methyl sites for hydroxylation is 1. The molecule has 1 aliphatic heterocycles. The Bertz CT molecular complexity index is 850. The number of amides is 1. The number of morpholine rings is 1. The molecule has 1 amide bonds. The fourth-order valence-corrected chi connectivity index (χ4v) is 5.02. The fraction of sp³-hybridized carbons (Fsp3) is 0.467. The molecule has 0 unspecified atom stereocenters. The molecule has 25 heavy (non-hydrogen) atoms. The average molecular weight is 385 g/mol. The number of ether oxygens (including phenoxy) is 1. The molecule has 8 nitrogen and oxygen atoms in total. The van der Waals surface area contributed by atoms with Crippen LogP contribution in [0, 0.1) is 6.92 Å². The van der Waals surface area contributed by atoms with Gasteiger partial charge in [0, 0.05) is 30.7 Å². The zero-order chi connectivity index (χ0) is 18.2. The van der Waals surface area contributed by atoms with E-state index in [1.165, 1.54) is 28.6 Å². The molecule has 2 aromatic heterocycles. The third-order valence-electron chi connectivity index (χ3n) is 3.75. The van der Waals surface area contributed by atoms with Crippen LogP contribution in [-0.2, 0) is 14.8 Å². The monoisotopic (exact) mass is 385 g/mol. The molecule has 0 aliphatic carbocycles. The number of thiazole rings is 1. The summed E-state index contributed by atoms with van der Waals surface area (Å²) in [6.45, 7) is 5.71. The largest absolute Gasteiger partial charge is 0.455 e. The van der Waals surface area contributed by atoms with Gasteiger partial charge in [0.05, 0.1) is 12.2 Å².